The Bertz CT molecular complexity index is 364. The third-order valence-electron chi connectivity index (χ3n) is 2.48. The number of carbonyl (C=O) groups excluding carboxylic acids is 1. The van der Waals surface area contributed by atoms with Crippen LogP contribution in [-0.2, 0) is 11.2 Å². The fraction of sp³-hybridized carbons (Fsp3) is 0.364. The van der Waals surface area contributed by atoms with Crippen molar-refractivity contribution in [3.05, 3.63) is 29.8 Å². The summed E-state index contributed by atoms with van der Waals surface area (Å²) in [6, 6.07) is 8.16. The topological polar surface area (TPSA) is 20.3 Å². The van der Waals surface area contributed by atoms with Gasteiger partial charge in [-0.05, 0) is 18.1 Å². The second-order valence-corrected chi connectivity index (χ2v) is 5.32. The molecular formula is C11H12INO. The first-order valence-corrected chi connectivity index (χ1v) is 5.93. The number of hydrogen-bond donors (Lipinski definition) is 0. The first-order valence-electron chi connectivity index (χ1n) is 4.68. The van der Waals surface area contributed by atoms with Gasteiger partial charge in [-0.1, -0.05) is 40.8 Å². The molecule has 0 unspecified atom stereocenters. The second-order valence-electron chi connectivity index (χ2n) is 3.56. The SMILES string of the molecule is CC(=O)N1C[C@H](I)Cc2ccccc21. The third kappa shape index (κ3) is 1.78. The molecule has 0 spiro atoms. The minimum atomic E-state index is 0.138. The molecule has 1 atom stereocenters. The lowest BCUT2D eigenvalue weighted by Crippen LogP contribution is -2.38. The van der Waals surface area contributed by atoms with Gasteiger partial charge >= 0.3 is 0 Å². The van der Waals surface area contributed by atoms with E-state index in [0.29, 0.717) is 3.92 Å². The highest BCUT2D eigenvalue weighted by atomic mass is 127. The van der Waals surface area contributed by atoms with Crippen LogP contribution in [0.25, 0.3) is 0 Å². The summed E-state index contributed by atoms with van der Waals surface area (Å²) >= 11 is 2.41. The minimum Gasteiger partial charge on any atom is -0.311 e. The molecular weight excluding hydrogens is 289 g/mol. The van der Waals surface area contributed by atoms with Gasteiger partial charge in [0.05, 0.1) is 0 Å². The van der Waals surface area contributed by atoms with Gasteiger partial charge in [0.25, 0.3) is 0 Å². The van der Waals surface area contributed by atoms with Crippen LogP contribution in [-0.4, -0.2) is 16.4 Å². The molecule has 0 bridgehead atoms. The number of rotatable bonds is 0. The van der Waals surface area contributed by atoms with Gasteiger partial charge in [0.15, 0.2) is 0 Å². The lowest BCUT2D eigenvalue weighted by atomic mass is 10.0. The fourth-order valence-electron chi connectivity index (χ4n) is 1.84. The monoisotopic (exact) mass is 301 g/mol. The molecule has 0 fully saturated rings. The molecule has 1 aromatic carbocycles. The Morgan fingerprint density at radius 3 is 2.93 bits per heavy atom. The number of carbonyl (C=O) groups is 1. The van der Waals surface area contributed by atoms with E-state index in [0.717, 1.165) is 18.7 Å². The number of nitrogens with zero attached hydrogens (tertiary/aromatic N) is 1. The predicted molar refractivity (Wildman–Crippen MR) is 66.0 cm³/mol. The summed E-state index contributed by atoms with van der Waals surface area (Å²) in [5.41, 5.74) is 2.38. The van der Waals surface area contributed by atoms with E-state index in [9.17, 15) is 4.79 Å². The van der Waals surface area contributed by atoms with Crippen molar-refractivity contribution in [3.63, 3.8) is 0 Å². The number of hydrogen-bond acceptors (Lipinski definition) is 1. The Balaban J connectivity index is 2.43. The Morgan fingerprint density at radius 1 is 1.50 bits per heavy atom. The van der Waals surface area contributed by atoms with E-state index in [4.69, 9.17) is 0 Å². The molecule has 14 heavy (non-hydrogen) atoms. The maximum absolute atomic E-state index is 11.4. The third-order valence-corrected chi connectivity index (χ3v) is 3.32. The number of amides is 1. The normalized spacial score (nSPS) is 20.4. The summed E-state index contributed by atoms with van der Waals surface area (Å²) in [7, 11) is 0. The molecule has 0 saturated heterocycles. The molecule has 2 nitrogen and oxygen atoms in total. The van der Waals surface area contributed by atoms with Crippen molar-refractivity contribution in [2.75, 3.05) is 11.4 Å². The molecule has 0 radical (unpaired) electrons. The summed E-state index contributed by atoms with van der Waals surface area (Å²) in [5, 5.41) is 0. The van der Waals surface area contributed by atoms with Crippen LogP contribution in [0.4, 0.5) is 5.69 Å². The largest absolute Gasteiger partial charge is 0.311 e. The van der Waals surface area contributed by atoms with Crippen molar-refractivity contribution in [2.24, 2.45) is 0 Å². The maximum atomic E-state index is 11.4. The average Bonchev–Trinajstić information content (AvgIpc) is 2.16. The highest BCUT2D eigenvalue weighted by Crippen LogP contribution is 2.29. The van der Waals surface area contributed by atoms with Crippen molar-refractivity contribution >= 4 is 34.2 Å². The molecule has 1 aliphatic rings. The van der Waals surface area contributed by atoms with Crippen LogP contribution in [0.1, 0.15) is 12.5 Å². The van der Waals surface area contributed by atoms with E-state index < -0.39 is 0 Å². The van der Waals surface area contributed by atoms with Crippen LogP contribution in [0.15, 0.2) is 24.3 Å². The molecule has 3 heteroatoms. The summed E-state index contributed by atoms with van der Waals surface area (Å²) in [5.74, 6) is 0.138. The molecule has 0 saturated carbocycles. The number of para-hydroxylation sites is 1. The zero-order valence-electron chi connectivity index (χ0n) is 8.03. The smallest absolute Gasteiger partial charge is 0.223 e. The minimum absolute atomic E-state index is 0.138. The quantitative estimate of drug-likeness (QED) is 0.532. The maximum Gasteiger partial charge on any atom is 0.223 e. The number of halogens is 1. The number of benzene rings is 1. The highest BCUT2D eigenvalue weighted by Gasteiger charge is 2.24. The van der Waals surface area contributed by atoms with Crippen molar-refractivity contribution in [2.45, 2.75) is 17.3 Å². The van der Waals surface area contributed by atoms with Crippen LogP contribution in [0, 0.1) is 0 Å². The predicted octanol–water partition coefficient (Wildman–Crippen LogP) is 2.40. The molecule has 0 N–H and O–H groups in total. The zero-order chi connectivity index (χ0) is 10.1. The first-order chi connectivity index (χ1) is 6.68. The van der Waals surface area contributed by atoms with Crippen molar-refractivity contribution in [1.82, 2.24) is 0 Å². The van der Waals surface area contributed by atoms with Crippen LogP contribution < -0.4 is 4.90 Å². The molecule has 1 aliphatic heterocycles. The average molecular weight is 301 g/mol. The van der Waals surface area contributed by atoms with Crippen LogP contribution in [0.3, 0.4) is 0 Å². The number of anilines is 1. The summed E-state index contributed by atoms with van der Waals surface area (Å²) in [6.45, 7) is 2.47. The molecule has 0 aromatic heterocycles. The number of alkyl halides is 1. The van der Waals surface area contributed by atoms with Crippen molar-refractivity contribution in [3.8, 4) is 0 Å². The van der Waals surface area contributed by atoms with Gasteiger partial charge < -0.3 is 4.90 Å². The molecule has 1 amide bonds. The van der Waals surface area contributed by atoms with Gasteiger partial charge in [-0.25, -0.2) is 0 Å². The van der Waals surface area contributed by atoms with E-state index in [1.807, 2.05) is 23.1 Å². The Hall–Kier alpha value is -0.580. The van der Waals surface area contributed by atoms with Gasteiger partial charge in [0.1, 0.15) is 0 Å². The van der Waals surface area contributed by atoms with Crippen LogP contribution in [0.2, 0.25) is 0 Å². The zero-order valence-corrected chi connectivity index (χ0v) is 10.2. The summed E-state index contributed by atoms with van der Waals surface area (Å²) < 4.78 is 0.534. The Kier molecular flexibility index (Phi) is 2.76. The van der Waals surface area contributed by atoms with Crippen molar-refractivity contribution in [1.29, 1.82) is 0 Å². The molecule has 74 valence electrons. The van der Waals surface area contributed by atoms with E-state index in [-0.39, 0.29) is 5.91 Å². The number of fused-ring (bicyclic) bond motifs is 1. The van der Waals surface area contributed by atoms with Gasteiger partial charge in [-0.3, -0.25) is 4.79 Å². The van der Waals surface area contributed by atoms with E-state index in [2.05, 4.69) is 28.7 Å². The Morgan fingerprint density at radius 2 is 2.21 bits per heavy atom. The fourth-order valence-corrected chi connectivity index (χ4v) is 2.71. The van der Waals surface area contributed by atoms with Crippen LogP contribution >= 0.6 is 22.6 Å². The van der Waals surface area contributed by atoms with E-state index in [1.165, 1.54) is 5.56 Å². The molecule has 1 aromatic rings. The summed E-state index contributed by atoms with van der Waals surface area (Å²) in [6.07, 6.45) is 1.07. The molecule has 0 aliphatic carbocycles. The second kappa shape index (κ2) is 3.88. The lowest BCUT2D eigenvalue weighted by molar-refractivity contribution is -0.116. The van der Waals surface area contributed by atoms with Gasteiger partial charge in [0, 0.05) is 23.1 Å². The lowest BCUT2D eigenvalue weighted by Gasteiger charge is -2.31. The summed E-state index contributed by atoms with van der Waals surface area (Å²) in [4.78, 5) is 13.3. The van der Waals surface area contributed by atoms with E-state index in [1.54, 1.807) is 6.92 Å². The van der Waals surface area contributed by atoms with Gasteiger partial charge in [-0.2, -0.15) is 0 Å². The molecule has 1 heterocycles. The van der Waals surface area contributed by atoms with Gasteiger partial charge in [0.2, 0.25) is 5.91 Å². The van der Waals surface area contributed by atoms with Crippen molar-refractivity contribution < 1.29 is 4.79 Å². The standard InChI is InChI=1S/C11H12INO/c1-8(14)13-7-10(12)6-9-4-2-3-5-11(9)13/h2-5,10H,6-7H2,1H3/t10-/m1/s1. The highest BCUT2D eigenvalue weighted by molar-refractivity contribution is 14.1. The first kappa shape index (κ1) is 9.96. The van der Waals surface area contributed by atoms with Crippen LogP contribution in [0.5, 0.6) is 0 Å². The van der Waals surface area contributed by atoms with E-state index >= 15 is 0 Å². The Labute approximate surface area is 97.4 Å². The van der Waals surface area contributed by atoms with Gasteiger partial charge in [-0.15, -0.1) is 0 Å². The molecule has 2 rings (SSSR count).